The van der Waals surface area contributed by atoms with E-state index in [0.29, 0.717) is 6.54 Å². The van der Waals surface area contributed by atoms with Gasteiger partial charge in [0.25, 0.3) is 0 Å². The third-order valence-corrected chi connectivity index (χ3v) is 2.53. The average Bonchev–Trinajstić information content (AvgIpc) is 2.25. The Morgan fingerprint density at radius 2 is 2.07 bits per heavy atom. The van der Waals surface area contributed by atoms with Crippen molar-refractivity contribution >= 4 is 6.03 Å². The fourth-order valence-corrected chi connectivity index (χ4v) is 1.63. The number of amides is 2. The molecule has 1 aliphatic rings. The van der Waals surface area contributed by atoms with E-state index >= 15 is 0 Å². The van der Waals surface area contributed by atoms with E-state index in [1.165, 1.54) is 0 Å². The zero-order chi connectivity index (χ0) is 10.7. The molecule has 0 spiro atoms. The second-order valence-corrected chi connectivity index (χ2v) is 3.66. The molecule has 3 heteroatoms. The van der Waals surface area contributed by atoms with Crippen LogP contribution in [-0.2, 0) is 6.54 Å². The number of rotatable bonds is 2. The summed E-state index contributed by atoms with van der Waals surface area (Å²) in [5.41, 5.74) is 1.15. The van der Waals surface area contributed by atoms with E-state index in [0.717, 1.165) is 5.56 Å². The van der Waals surface area contributed by atoms with Crippen LogP contribution in [0.1, 0.15) is 12.5 Å². The van der Waals surface area contributed by atoms with Crippen LogP contribution in [0.4, 0.5) is 4.79 Å². The van der Waals surface area contributed by atoms with E-state index in [1.807, 2.05) is 43.3 Å². The first-order chi connectivity index (χ1) is 7.27. The molecule has 2 amide bonds. The van der Waals surface area contributed by atoms with Crippen LogP contribution in [0, 0.1) is 0 Å². The molecule has 1 unspecified atom stereocenters. The minimum atomic E-state index is -0.0335. The smallest absolute Gasteiger partial charge is 0.315 e. The van der Waals surface area contributed by atoms with Crippen molar-refractivity contribution in [3.63, 3.8) is 0 Å². The first-order valence-electron chi connectivity index (χ1n) is 5.05. The Morgan fingerprint density at radius 3 is 2.73 bits per heavy atom. The number of benzene rings is 1. The van der Waals surface area contributed by atoms with Crippen molar-refractivity contribution in [2.45, 2.75) is 19.5 Å². The lowest BCUT2D eigenvalue weighted by molar-refractivity contribution is 0.185. The minimum Gasteiger partial charge on any atom is -0.315 e. The van der Waals surface area contributed by atoms with Crippen molar-refractivity contribution in [1.29, 1.82) is 0 Å². The second-order valence-electron chi connectivity index (χ2n) is 3.66. The Hall–Kier alpha value is -1.77. The van der Waals surface area contributed by atoms with Crippen LogP contribution < -0.4 is 5.32 Å². The number of carbonyl (C=O) groups is 1. The maximum atomic E-state index is 11.6. The summed E-state index contributed by atoms with van der Waals surface area (Å²) in [6.07, 6.45) is 3.68. The fourth-order valence-electron chi connectivity index (χ4n) is 1.63. The molecule has 0 fully saturated rings. The molecule has 0 saturated heterocycles. The van der Waals surface area contributed by atoms with Crippen LogP contribution in [0.3, 0.4) is 0 Å². The molecule has 1 heterocycles. The van der Waals surface area contributed by atoms with Gasteiger partial charge in [0.15, 0.2) is 0 Å². The predicted octanol–water partition coefficient (Wildman–Crippen LogP) is 2.11. The minimum absolute atomic E-state index is 0.0335. The maximum absolute atomic E-state index is 11.6. The van der Waals surface area contributed by atoms with E-state index in [1.54, 1.807) is 11.1 Å². The van der Waals surface area contributed by atoms with Crippen LogP contribution in [0.2, 0.25) is 0 Å². The van der Waals surface area contributed by atoms with E-state index in [4.69, 9.17) is 0 Å². The van der Waals surface area contributed by atoms with Crippen LogP contribution in [0.5, 0.6) is 0 Å². The molecule has 1 aliphatic heterocycles. The van der Waals surface area contributed by atoms with Gasteiger partial charge < -0.3 is 10.2 Å². The molecule has 2 rings (SSSR count). The maximum Gasteiger partial charge on any atom is 0.322 e. The topological polar surface area (TPSA) is 32.3 Å². The Bertz CT molecular complexity index is 372. The van der Waals surface area contributed by atoms with E-state index in [9.17, 15) is 4.79 Å². The van der Waals surface area contributed by atoms with E-state index < -0.39 is 0 Å². The summed E-state index contributed by atoms with van der Waals surface area (Å²) >= 11 is 0. The Morgan fingerprint density at radius 1 is 1.33 bits per heavy atom. The Labute approximate surface area is 89.4 Å². The largest absolute Gasteiger partial charge is 0.322 e. The lowest BCUT2D eigenvalue weighted by atomic mass is 10.1. The number of urea groups is 1. The average molecular weight is 202 g/mol. The standard InChI is InChI=1S/C12H14N2O/c1-10-7-8-13-12(15)14(10)9-11-5-3-2-4-6-11/h2-8,10H,9H2,1H3,(H,13,15). The summed E-state index contributed by atoms with van der Waals surface area (Å²) in [5.74, 6) is 0. The second kappa shape index (κ2) is 4.17. The van der Waals surface area contributed by atoms with Crippen molar-refractivity contribution < 1.29 is 4.79 Å². The van der Waals surface area contributed by atoms with Gasteiger partial charge in [-0.25, -0.2) is 4.79 Å². The molecule has 0 bridgehead atoms. The monoisotopic (exact) mass is 202 g/mol. The number of carbonyl (C=O) groups excluding carboxylic acids is 1. The van der Waals surface area contributed by atoms with Crippen LogP contribution in [0.25, 0.3) is 0 Å². The quantitative estimate of drug-likeness (QED) is 0.782. The van der Waals surface area contributed by atoms with Crippen molar-refractivity contribution in [1.82, 2.24) is 10.2 Å². The molecular weight excluding hydrogens is 188 g/mol. The van der Waals surface area contributed by atoms with Gasteiger partial charge in [0.2, 0.25) is 0 Å². The summed E-state index contributed by atoms with van der Waals surface area (Å²) < 4.78 is 0. The molecule has 0 radical (unpaired) electrons. The lowest BCUT2D eigenvalue weighted by Crippen LogP contribution is -2.45. The van der Waals surface area contributed by atoms with Gasteiger partial charge in [-0.15, -0.1) is 0 Å². The van der Waals surface area contributed by atoms with Crippen LogP contribution >= 0.6 is 0 Å². The van der Waals surface area contributed by atoms with Crippen LogP contribution in [0.15, 0.2) is 42.6 Å². The molecule has 1 N–H and O–H groups in total. The lowest BCUT2D eigenvalue weighted by Gasteiger charge is -2.29. The normalized spacial score (nSPS) is 20.2. The van der Waals surface area contributed by atoms with Gasteiger partial charge in [-0.1, -0.05) is 30.3 Å². The highest BCUT2D eigenvalue weighted by Crippen LogP contribution is 2.11. The van der Waals surface area contributed by atoms with Crippen molar-refractivity contribution in [3.8, 4) is 0 Å². The van der Waals surface area contributed by atoms with Gasteiger partial charge in [-0.2, -0.15) is 0 Å². The molecule has 1 aromatic rings. The third-order valence-electron chi connectivity index (χ3n) is 2.53. The summed E-state index contributed by atoms with van der Waals surface area (Å²) in [7, 11) is 0. The summed E-state index contributed by atoms with van der Waals surface area (Å²) in [6.45, 7) is 2.66. The fraction of sp³-hybridized carbons (Fsp3) is 0.250. The van der Waals surface area contributed by atoms with Crippen molar-refractivity contribution in [2.75, 3.05) is 0 Å². The number of hydrogen-bond acceptors (Lipinski definition) is 1. The first-order valence-corrected chi connectivity index (χ1v) is 5.05. The van der Waals surface area contributed by atoms with Gasteiger partial charge in [0.1, 0.15) is 0 Å². The van der Waals surface area contributed by atoms with Gasteiger partial charge in [-0.05, 0) is 18.6 Å². The molecular formula is C12H14N2O. The number of hydrogen-bond donors (Lipinski definition) is 1. The van der Waals surface area contributed by atoms with E-state index in [-0.39, 0.29) is 12.1 Å². The molecule has 0 aromatic heterocycles. The molecule has 15 heavy (non-hydrogen) atoms. The van der Waals surface area contributed by atoms with Gasteiger partial charge in [0, 0.05) is 12.7 Å². The summed E-state index contributed by atoms with van der Waals surface area (Å²) in [5, 5.41) is 2.69. The highest BCUT2D eigenvalue weighted by molar-refractivity contribution is 5.76. The molecule has 0 aliphatic carbocycles. The zero-order valence-corrected chi connectivity index (χ0v) is 8.68. The summed E-state index contributed by atoms with van der Waals surface area (Å²) in [6, 6.07) is 10.1. The Kier molecular flexibility index (Phi) is 2.72. The molecule has 3 nitrogen and oxygen atoms in total. The first kappa shape index (κ1) is 9.77. The van der Waals surface area contributed by atoms with Gasteiger partial charge >= 0.3 is 6.03 Å². The highest BCUT2D eigenvalue weighted by Gasteiger charge is 2.20. The van der Waals surface area contributed by atoms with Crippen molar-refractivity contribution in [2.24, 2.45) is 0 Å². The number of nitrogens with zero attached hydrogens (tertiary/aromatic N) is 1. The predicted molar refractivity (Wildman–Crippen MR) is 59.1 cm³/mol. The molecule has 0 saturated carbocycles. The molecule has 1 atom stereocenters. The SMILES string of the molecule is CC1C=CNC(=O)N1Cc1ccccc1. The molecule has 1 aromatic carbocycles. The van der Waals surface area contributed by atoms with E-state index in [2.05, 4.69) is 5.32 Å². The van der Waals surface area contributed by atoms with Gasteiger partial charge in [-0.3, -0.25) is 0 Å². The van der Waals surface area contributed by atoms with Crippen molar-refractivity contribution in [3.05, 3.63) is 48.2 Å². The third kappa shape index (κ3) is 2.18. The van der Waals surface area contributed by atoms with Crippen LogP contribution in [-0.4, -0.2) is 17.0 Å². The highest BCUT2D eigenvalue weighted by atomic mass is 16.2. The Balaban J connectivity index is 2.11. The molecule has 78 valence electrons. The number of nitrogens with one attached hydrogen (secondary N) is 1. The summed E-state index contributed by atoms with van der Waals surface area (Å²) in [4.78, 5) is 13.4. The van der Waals surface area contributed by atoms with Gasteiger partial charge in [0.05, 0.1) is 6.04 Å². The zero-order valence-electron chi connectivity index (χ0n) is 8.68.